The van der Waals surface area contributed by atoms with E-state index in [-0.39, 0.29) is 0 Å². The average molecular weight is 214 g/mol. The maximum atomic E-state index is 5.90. The molecule has 2 heterocycles. The maximum absolute atomic E-state index is 5.90. The van der Waals surface area contributed by atoms with Crippen LogP contribution in [0.25, 0.3) is 11.4 Å². The van der Waals surface area contributed by atoms with Crippen molar-refractivity contribution in [3.63, 3.8) is 0 Å². The summed E-state index contributed by atoms with van der Waals surface area (Å²) >= 11 is 0. The molecule has 0 saturated carbocycles. The predicted molar refractivity (Wildman–Crippen MR) is 63.8 cm³/mol. The van der Waals surface area contributed by atoms with Crippen LogP contribution in [0.3, 0.4) is 0 Å². The van der Waals surface area contributed by atoms with Crippen LogP contribution in [0.5, 0.6) is 0 Å². The van der Waals surface area contributed by atoms with Crippen LogP contribution < -0.4 is 5.73 Å². The summed E-state index contributed by atoms with van der Waals surface area (Å²) in [4.78, 5) is 12.8. The molecule has 0 aliphatic heterocycles. The highest BCUT2D eigenvalue weighted by molar-refractivity contribution is 5.57. The number of rotatable bonds is 2. The van der Waals surface area contributed by atoms with Gasteiger partial charge >= 0.3 is 0 Å². The summed E-state index contributed by atoms with van der Waals surface area (Å²) in [6, 6.07) is 3.78. The first-order valence-electron chi connectivity index (χ1n) is 5.25. The van der Waals surface area contributed by atoms with Gasteiger partial charge in [-0.15, -0.1) is 0 Å². The van der Waals surface area contributed by atoms with Crippen LogP contribution in [0, 0.1) is 6.92 Å². The lowest BCUT2D eigenvalue weighted by molar-refractivity contribution is 1.01. The van der Waals surface area contributed by atoms with Gasteiger partial charge in [-0.05, 0) is 25.5 Å². The molecule has 0 atom stereocenters. The van der Waals surface area contributed by atoms with Crippen LogP contribution in [0.4, 0.5) is 5.82 Å². The van der Waals surface area contributed by atoms with Crippen molar-refractivity contribution < 1.29 is 0 Å². The molecule has 0 aliphatic carbocycles. The molecule has 2 aromatic heterocycles. The second-order valence-electron chi connectivity index (χ2n) is 3.59. The van der Waals surface area contributed by atoms with Gasteiger partial charge in [-0.2, -0.15) is 0 Å². The lowest BCUT2D eigenvalue weighted by atomic mass is 10.1. The van der Waals surface area contributed by atoms with Crippen molar-refractivity contribution >= 4 is 5.82 Å². The number of nitrogens with zero attached hydrogens (tertiary/aromatic N) is 3. The van der Waals surface area contributed by atoms with Crippen LogP contribution in [0.1, 0.15) is 18.2 Å². The van der Waals surface area contributed by atoms with Gasteiger partial charge in [-0.1, -0.05) is 6.92 Å². The van der Waals surface area contributed by atoms with Gasteiger partial charge < -0.3 is 5.73 Å². The van der Waals surface area contributed by atoms with Gasteiger partial charge in [-0.3, -0.25) is 4.98 Å². The highest BCUT2D eigenvalue weighted by atomic mass is 15.0. The molecule has 0 aliphatic rings. The molecular formula is C12H14N4. The summed E-state index contributed by atoms with van der Waals surface area (Å²) in [5.74, 6) is 1.20. The van der Waals surface area contributed by atoms with E-state index in [0.29, 0.717) is 11.6 Å². The molecule has 0 bridgehead atoms. The van der Waals surface area contributed by atoms with Gasteiger partial charge in [0.05, 0.1) is 0 Å². The summed E-state index contributed by atoms with van der Waals surface area (Å²) in [5, 5.41) is 0. The van der Waals surface area contributed by atoms with E-state index in [1.54, 1.807) is 12.4 Å². The zero-order chi connectivity index (χ0) is 11.5. The SMILES string of the molecule is CCc1c(C)nc(-c2cccnc2)nc1N. The van der Waals surface area contributed by atoms with E-state index in [1.807, 2.05) is 26.0 Å². The van der Waals surface area contributed by atoms with E-state index in [0.717, 1.165) is 23.2 Å². The Morgan fingerprint density at radius 1 is 1.31 bits per heavy atom. The van der Waals surface area contributed by atoms with Crippen LogP contribution in [-0.4, -0.2) is 15.0 Å². The molecule has 2 rings (SSSR count). The van der Waals surface area contributed by atoms with Crippen LogP contribution >= 0.6 is 0 Å². The van der Waals surface area contributed by atoms with Crippen LogP contribution in [-0.2, 0) is 6.42 Å². The molecule has 82 valence electrons. The minimum atomic E-state index is 0.564. The van der Waals surface area contributed by atoms with Gasteiger partial charge in [-0.25, -0.2) is 9.97 Å². The quantitative estimate of drug-likeness (QED) is 0.830. The van der Waals surface area contributed by atoms with Gasteiger partial charge in [0, 0.05) is 29.2 Å². The van der Waals surface area contributed by atoms with E-state index in [2.05, 4.69) is 15.0 Å². The standard InChI is InChI=1S/C12H14N4/c1-3-10-8(2)15-12(16-11(10)13)9-5-4-6-14-7-9/h4-7H,3H2,1-2H3,(H2,13,15,16). The average Bonchev–Trinajstić information content (AvgIpc) is 2.30. The van der Waals surface area contributed by atoms with Gasteiger partial charge in [0.15, 0.2) is 5.82 Å². The van der Waals surface area contributed by atoms with Gasteiger partial charge in [0.2, 0.25) is 0 Å². The number of anilines is 1. The van der Waals surface area contributed by atoms with Crippen molar-refractivity contribution in [2.24, 2.45) is 0 Å². The van der Waals surface area contributed by atoms with E-state index < -0.39 is 0 Å². The molecule has 4 nitrogen and oxygen atoms in total. The van der Waals surface area contributed by atoms with Crippen molar-refractivity contribution in [2.45, 2.75) is 20.3 Å². The van der Waals surface area contributed by atoms with Gasteiger partial charge in [0.1, 0.15) is 5.82 Å². The molecular weight excluding hydrogens is 200 g/mol. The fourth-order valence-electron chi connectivity index (χ4n) is 1.68. The molecule has 0 saturated heterocycles. The Balaban J connectivity index is 2.53. The Kier molecular flexibility index (Phi) is 2.81. The summed E-state index contributed by atoms with van der Waals surface area (Å²) in [6.45, 7) is 4.00. The highest BCUT2D eigenvalue weighted by Gasteiger charge is 2.08. The second-order valence-corrected chi connectivity index (χ2v) is 3.59. The third kappa shape index (κ3) is 1.86. The lowest BCUT2D eigenvalue weighted by Crippen LogP contribution is -2.04. The lowest BCUT2D eigenvalue weighted by Gasteiger charge is -2.08. The Hall–Kier alpha value is -1.97. The summed E-state index contributed by atoms with van der Waals surface area (Å²) in [5.41, 5.74) is 8.75. The largest absolute Gasteiger partial charge is 0.383 e. The first kappa shape index (κ1) is 10.5. The van der Waals surface area contributed by atoms with Crippen molar-refractivity contribution in [1.29, 1.82) is 0 Å². The van der Waals surface area contributed by atoms with Crippen molar-refractivity contribution in [3.8, 4) is 11.4 Å². The van der Waals surface area contributed by atoms with Crippen LogP contribution in [0.2, 0.25) is 0 Å². The molecule has 2 N–H and O–H groups in total. The van der Waals surface area contributed by atoms with E-state index >= 15 is 0 Å². The Morgan fingerprint density at radius 3 is 2.69 bits per heavy atom. The first-order valence-corrected chi connectivity index (χ1v) is 5.25. The predicted octanol–water partition coefficient (Wildman–Crippen LogP) is 1.99. The highest BCUT2D eigenvalue weighted by Crippen LogP contribution is 2.19. The fourth-order valence-corrected chi connectivity index (χ4v) is 1.68. The number of nitrogen functional groups attached to an aromatic ring is 1. The minimum absolute atomic E-state index is 0.564. The van der Waals surface area contributed by atoms with Crippen molar-refractivity contribution in [2.75, 3.05) is 5.73 Å². The summed E-state index contributed by atoms with van der Waals surface area (Å²) in [7, 11) is 0. The Labute approximate surface area is 94.6 Å². The van der Waals surface area contributed by atoms with E-state index in [9.17, 15) is 0 Å². The molecule has 4 heteroatoms. The second kappa shape index (κ2) is 4.26. The molecule has 0 unspecified atom stereocenters. The molecule has 0 radical (unpaired) electrons. The number of pyridine rings is 1. The van der Waals surface area contributed by atoms with E-state index in [1.165, 1.54) is 0 Å². The first-order chi connectivity index (χ1) is 7.72. The number of nitrogens with two attached hydrogens (primary N) is 1. The normalized spacial score (nSPS) is 10.4. The Morgan fingerprint density at radius 2 is 2.12 bits per heavy atom. The zero-order valence-corrected chi connectivity index (χ0v) is 9.44. The number of hydrogen-bond donors (Lipinski definition) is 1. The number of aromatic nitrogens is 3. The molecule has 16 heavy (non-hydrogen) atoms. The molecule has 2 aromatic rings. The number of hydrogen-bond acceptors (Lipinski definition) is 4. The van der Waals surface area contributed by atoms with Crippen molar-refractivity contribution in [3.05, 3.63) is 35.8 Å². The third-order valence-electron chi connectivity index (χ3n) is 2.52. The number of aryl methyl sites for hydroxylation is 1. The smallest absolute Gasteiger partial charge is 0.163 e. The molecule has 0 aromatic carbocycles. The maximum Gasteiger partial charge on any atom is 0.163 e. The minimum Gasteiger partial charge on any atom is -0.383 e. The van der Waals surface area contributed by atoms with E-state index in [4.69, 9.17) is 5.73 Å². The molecule has 0 spiro atoms. The van der Waals surface area contributed by atoms with Crippen LogP contribution in [0.15, 0.2) is 24.5 Å². The third-order valence-corrected chi connectivity index (χ3v) is 2.52. The summed E-state index contributed by atoms with van der Waals surface area (Å²) in [6.07, 6.45) is 4.31. The zero-order valence-electron chi connectivity index (χ0n) is 9.44. The fraction of sp³-hybridized carbons (Fsp3) is 0.250. The van der Waals surface area contributed by atoms with Gasteiger partial charge in [0.25, 0.3) is 0 Å². The summed E-state index contributed by atoms with van der Waals surface area (Å²) < 4.78 is 0. The monoisotopic (exact) mass is 214 g/mol. The topological polar surface area (TPSA) is 64.7 Å². The molecule has 0 amide bonds. The van der Waals surface area contributed by atoms with Crippen molar-refractivity contribution in [1.82, 2.24) is 15.0 Å². The molecule has 0 fully saturated rings. The Bertz CT molecular complexity index is 471.